The first kappa shape index (κ1) is 7.72. The number of rotatable bonds is 4. The summed E-state index contributed by atoms with van der Waals surface area (Å²) in [6.45, 7) is 2.60. The Kier molecular flexibility index (Phi) is 6.48. The lowest BCUT2D eigenvalue weighted by Crippen LogP contribution is -1.89. The third-order valence-electron chi connectivity index (χ3n) is 0.547. The van der Waals surface area contributed by atoms with E-state index in [1.807, 2.05) is 6.92 Å². The number of hydrogen-bond donors (Lipinski definition) is 0. The molecule has 0 bridgehead atoms. The summed E-state index contributed by atoms with van der Waals surface area (Å²) in [5, 5.41) is 0. The molecule has 0 aliphatic carbocycles. The molecule has 0 saturated heterocycles. The van der Waals surface area contributed by atoms with Crippen molar-refractivity contribution in [2.24, 2.45) is 0 Å². The Morgan fingerprint density at radius 2 is 2.38 bits per heavy atom. The fourth-order valence-electron chi connectivity index (χ4n) is 0.226. The van der Waals surface area contributed by atoms with E-state index in [0.29, 0.717) is 0 Å². The molecule has 0 N–H and O–H groups in total. The van der Waals surface area contributed by atoms with Crippen molar-refractivity contribution in [2.75, 3.05) is 6.61 Å². The number of allylic oxidation sites excluding steroid dienone is 1. The Morgan fingerprint density at radius 3 is 2.88 bits per heavy atom. The van der Waals surface area contributed by atoms with Gasteiger partial charge in [-0.1, -0.05) is 0 Å². The normalized spacial score (nSPS) is 10.6. The van der Waals surface area contributed by atoms with E-state index in [0.717, 1.165) is 12.7 Å². The molecule has 0 aromatic carbocycles. The molecule has 0 heterocycles. The summed E-state index contributed by atoms with van der Waals surface area (Å²) in [4.78, 5) is 9.24. The lowest BCUT2D eigenvalue weighted by molar-refractivity contribution is -0.244. The van der Waals surface area contributed by atoms with E-state index >= 15 is 0 Å². The van der Waals surface area contributed by atoms with Crippen LogP contribution in [0.4, 0.5) is 0 Å². The van der Waals surface area contributed by atoms with Gasteiger partial charge in [0.25, 0.3) is 0 Å². The van der Waals surface area contributed by atoms with Crippen molar-refractivity contribution in [3.8, 4) is 0 Å². The standard InChI is InChI=1S/C5H12O2Si/c1-2-3-6-7-4-5-8/h2-3H,4-5H2,1,8H3. The molecule has 8 heavy (non-hydrogen) atoms. The van der Waals surface area contributed by atoms with Crippen LogP contribution in [-0.2, 0) is 9.78 Å². The second-order valence-corrected chi connectivity index (χ2v) is 2.39. The highest BCUT2D eigenvalue weighted by atomic mass is 28.1. The van der Waals surface area contributed by atoms with E-state index < -0.39 is 0 Å². The van der Waals surface area contributed by atoms with Crippen LogP contribution in [-0.4, -0.2) is 16.8 Å². The monoisotopic (exact) mass is 132 g/mol. The van der Waals surface area contributed by atoms with Crippen molar-refractivity contribution < 1.29 is 9.78 Å². The summed E-state index contributed by atoms with van der Waals surface area (Å²) in [6.07, 6.45) is 3.31. The maximum atomic E-state index is 4.67. The molecule has 2 nitrogen and oxygen atoms in total. The predicted octanol–water partition coefficient (Wildman–Crippen LogP) is 0.252. The Bertz CT molecular complexity index is 63.4. The van der Waals surface area contributed by atoms with E-state index in [1.54, 1.807) is 6.08 Å². The van der Waals surface area contributed by atoms with Gasteiger partial charge in [0.15, 0.2) is 0 Å². The Hall–Kier alpha value is -0.283. The van der Waals surface area contributed by atoms with E-state index in [4.69, 9.17) is 0 Å². The minimum atomic E-state index is 0.719. The van der Waals surface area contributed by atoms with Crippen LogP contribution in [0.1, 0.15) is 6.92 Å². The van der Waals surface area contributed by atoms with Gasteiger partial charge < -0.3 is 4.89 Å². The largest absolute Gasteiger partial charge is 0.346 e. The Morgan fingerprint density at radius 1 is 1.62 bits per heavy atom. The van der Waals surface area contributed by atoms with Crippen LogP contribution in [0.2, 0.25) is 6.04 Å². The second-order valence-electron chi connectivity index (χ2n) is 1.39. The molecule has 0 unspecified atom stereocenters. The van der Waals surface area contributed by atoms with Gasteiger partial charge in [-0.25, -0.2) is 0 Å². The van der Waals surface area contributed by atoms with E-state index in [1.165, 1.54) is 16.5 Å². The minimum absolute atomic E-state index is 0.719. The second kappa shape index (κ2) is 6.72. The van der Waals surface area contributed by atoms with Gasteiger partial charge in [0.05, 0.1) is 6.61 Å². The van der Waals surface area contributed by atoms with E-state index in [-0.39, 0.29) is 0 Å². The van der Waals surface area contributed by atoms with Crippen LogP contribution in [0.15, 0.2) is 12.3 Å². The molecule has 48 valence electrons. The van der Waals surface area contributed by atoms with Gasteiger partial charge in [-0.2, -0.15) is 4.89 Å². The molecule has 0 aromatic heterocycles. The van der Waals surface area contributed by atoms with E-state index in [9.17, 15) is 0 Å². The van der Waals surface area contributed by atoms with Crippen molar-refractivity contribution >= 4 is 10.2 Å². The highest BCUT2D eigenvalue weighted by molar-refractivity contribution is 6.08. The molecule has 0 atom stereocenters. The molecule has 0 amide bonds. The summed E-state index contributed by atoms with van der Waals surface area (Å²) in [5.41, 5.74) is 0. The minimum Gasteiger partial charge on any atom is -0.346 e. The highest BCUT2D eigenvalue weighted by Crippen LogP contribution is 1.81. The van der Waals surface area contributed by atoms with Gasteiger partial charge in [0.1, 0.15) is 6.26 Å². The van der Waals surface area contributed by atoms with Crippen LogP contribution in [0.25, 0.3) is 0 Å². The molecular weight excluding hydrogens is 120 g/mol. The van der Waals surface area contributed by atoms with Gasteiger partial charge in [0, 0.05) is 10.2 Å². The summed E-state index contributed by atoms with van der Waals surface area (Å²) < 4.78 is 0. The molecule has 0 aromatic rings. The fourth-order valence-corrected chi connectivity index (χ4v) is 0.393. The van der Waals surface area contributed by atoms with Crippen LogP contribution in [0, 0.1) is 0 Å². The van der Waals surface area contributed by atoms with Gasteiger partial charge >= 0.3 is 0 Å². The zero-order valence-corrected chi connectivity index (χ0v) is 7.39. The molecule has 0 spiro atoms. The zero-order chi connectivity index (χ0) is 6.24. The lowest BCUT2D eigenvalue weighted by atomic mass is 10.7. The maximum Gasteiger partial charge on any atom is 0.125 e. The van der Waals surface area contributed by atoms with Crippen LogP contribution < -0.4 is 0 Å². The third-order valence-corrected chi connectivity index (χ3v) is 0.955. The molecule has 0 fully saturated rings. The summed E-state index contributed by atoms with van der Waals surface area (Å²) >= 11 is 0. The average molecular weight is 132 g/mol. The van der Waals surface area contributed by atoms with Crippen molar-refractivity contribution in [3.63, 3.8) is 0 Å². The third kappa shape index (κ3) is 5.72. The topological polar surface area (TPSA) is 18.5 Å². The molecule has 0 aliphatic rings. The maximum absolute atomic E-state index is 4.67. The first-order chi connectivity index (χ1) is 3.91. The van der Waals surface area contributed by atoms with Crippen molar-refractivity contribution in [3.05, 3.63) is 12.3 Å². The molecule has 3 heteroatoms. The van der Waals surface area contributed by atoms with Crippen molar-refractivity contribution in [2.45, 2.75) is 13.0 Å². The van der Waals surface area contributed by atoms with Gasteiger partial charge in [-0.05, 0) is 19.0 Å². The molecule has 0 saturated carbocycles. The Balaban J connectivity index is 2.72. The van der Waals surface area contributed by atoms with Gasteiger partial charge in [-0.15, -0.1) is 0 Å². The summed E-state index contributed by atoms with van der Waals surface area (Å²) in [7, 11) is 1.18. The van der Waals surface area contributed by atoms with Crippen LogP contribution in [0.5, 0.6) is 0 Å². The smallest absolute Gasteiger partial charge is 0.125 e. The predicted molar refractivity (Wildman–Crippen MR) is 36.6 cm³/mol. The fraction of sp³-hybridized carbons (Fsp3) is 0.600. The zero-order valence-electron chi connectivity index (χ0n) is 5.39. The Labute approximate surface area is 52.8 Å². The number of hydrogen-bond acceptors (Lipinski definition) is 2. The van der Waals surface area contributed by atoms with E-state index in [2.05, 4.69) is 9.78 Å². The molecule has 0 radical (unpaired) electrons. The van der Waals surface area contributed by atoms with Crippen molar-refractivity contribution in [1.29, 1.82) is 0 Å². The first-order valence-electron chi connectivity index (χ1n) is 2.81. The van der Waals surface area contributed by atoms with Gasteiger partial charge in [0.2, 0.25) is 0 Å². The highest BCUT2D eigenvalue weighted by Gasteiger charge is 1.76. The SMILES string of the molecule is CC=COOCC[SiH3]. The average Bonchev–Trinajstić information content (AvgIpc) is 1.81. The summed E-state index contributed by atoms with van der Waals surface area (Å²) in [5.74, 6) is 0. The van der Waals surface area contributed by atoms with Crippen molar-refractivity contribution in [1.82, 2.24) is 0 Å². The summed E-state index contributed by atoms with van der Waals surface area (Å²) in [6, 6.07) is 1.12. The molecular formula is C5H12O2Si. The van der Waals surface area contributed by atoms with Crippen LogP contribution >= 0.6 is 0 Å². The molecule has 0 rings (SSSR count). The van der Waals surface area contributed by atoms with Crippen LogP contribution in [0.3, 0.4) is 0 Å². The lowest BCUT2D eigenvalue weighted by Gasteiger charge is -1.94. The molecule has 0 aliphatic heterocycles. The quantitative estimate of drug-likeness (QED) is 0.179. The van der Waals surface area contributed by atoms with Gasteiger partial charge in [-0.3, -0.25) is 0 Å². The first-order valence-corrected chi connectivity index (χ1v) is 4.22.